The molecule has 2 rings (SSSR count). The Balaban J connectivity index is 2.57. The summed E-state index contributed by atoms with van der Waals surface area (Å²) in [5.41, 5.74) is 7.30. The number of hydrogen-bond donors (Lipinski definition) is 3. The molecule has 6 nitrogen and oxygen atoms in total. The number of rotatable bonds is 4. The third-order valence-electron chi connectivity index (χ3n) is 2.92. The molecule has 7 heteroatoms. The third-order valence-corrected chi connectivity index (χ3v) is 3.45. The Morgan fingerprint density at radius 2 is 1.90 bits per heavy atom. The van der Waals surface area contributed by atoms with Crippen LogP contribution in [0.2, 0.25) is 0 Å². The van der Waals surface area contributed by atoms with Gasteiger partial charge in [-0.05, 0) is 17.7 Å². The molecule has 2 aromatic rings. The van der Waals surface area contributed by atoms with E-state index in [1.807, 2.05) is 24.3 Å². The molecule has 0 saturated heterocycles. The van der Waals surface area contributed by atoms with E-state index < -0.39 is 6.04 Å². The van der Waals surface area contributed by atoms with E-state index in [-0.39, 0.29) is 24.7 Å². The Bertz CT molecular complexity index is 642. The minimum absolute atomic E-state index is 0.144. The van der Waals surface area contributed by atoms with Crippen LogP contribution in [0.25, 0.3) is 16.1 Å². The number of nitrogen functional groups attached to an aromatic ring is 1. The van der Waals surface area contributed by atoms with Crippen molar-refractivity contribution >= 4 is 27.4 Å². The van der Waals surface area contributed by atoms with E-state index in [0.29, 0.717) is 5.69 Å². The quantitative estimate of drug-likeness (QED) is 0.745. The van der Waals surface area contributed by atoms with Crippen molar-refractivity contribution in [1.29, 1.82) is 0 Å². The summed E-state index contributed by atoms with van der Waals surface area (Å²) in [6.07, 6.45) is 0. The molecule has 0 amide bonds. The van der Waals surface area contributed by atoms with Crippen molar-refractivity contribution < 1.29 is 10.2 Å². The lowest BCUT2D eigenvalue weighted by Gasteiger charge is -2.13. The molecule has 0 aliphatic carbocycles. The molecule has 0 unspecified atom stereocenters. The van der Waals surface area contributed by atoms with Gasteiger partial charge in [-0.3, -0.25) is 4.68 Å². The summed E-state index contributed by atoms with van der Waals surface area (Å²) in [7, 11) is 0. The van der Waals surface area contributed by atoms with E-state index >= 15 is 0 Å². The van der Waals surface area contributed by atoms with Crippen molar-refractivity contribution in [2.75, 3.05) is 18.9 Å². The number of halogens is 1. The van der Waals surface area contributed by atoms with E-state index in [0.717, 1.165) is 10.0 Å². The fraction of sp³-hybridized carbons (Fsp3) is 0.231. The Morgan fingerprint density at radius 1 is 1.30 bits per heavy atom. The molecule has 0 aliphatic heterocycles. The standard InChI is InChI=1S/C13H13BrN4O2/c1-16-12-11(8-2-4-9(14)5-3-8)17-18(13(12)15)10(6-19)7-20/h2-5,10,19-20H,6-7,15H2. The zero-order valence-electron chi connectivity index (χ0n) is 10.5. The molecular weight excluding hydrogens is 324 g/mol. The molecule has 4 N–H and O–H groups in total. The van der Waals surface area contributed by atoms with E-state index in [1.165, 1.54) is 4.68 Å². The maximum Gasteiger partial charge on any atom is 0.254 e. The first-order valence-corrected chi connectivity index (χ1v) is 6.64. The van der Waals surface area contributed by atoms with Crippen LogP contribution in [0.1, 0.15) is 6.04 Å². The number of anilines is 1. The summed E-state index contributed by atoms with van der Waals surface area (Å²) in [5.74, 6) is 0.144. The van der Waals surface area contributed by atoms with Crippen molar-refractivity contribution in [1.82, 2.24) is 9.78 Å². The second-order valence-corrected chi connectivity index (χ2v) is 5.08. The normalized spacial score (nSPS) is 10.8. The van der Waals surface area contributed by atoms with Crippen molar-refractivity contribution in [3.63, 3.8) is 0 Å². The minimum atomic E-state index is -0.653. The van der Waals surface area contributed by atoms with Crippen LogP contribution in [-0.2, 0) is 0 Å². The van der Waals surface area contributed by atoms with Crippen LogP contribution in [0.5, 0.6) is 0 Å². The minimum Gasteiger partial charge on any atom is -0.394 e. The van der Waals surface area contributed by atoms with Gasteiger partial charge in [0, 0.05) is 4.47 Å². The molecule has 0 bridgehead atoms. The number of benzene rings is 1. The lowest BCUT2D eigenvalue weighted by atomic mass is 10.1. The molecule has 1 aromatic carbocycles. The van der Waals surface area contributed by atoms with E-state index in [4.69, 9.17) is 12.3 Å². The van der Waals surface area contributed by atoms with Crippen molar-refractivity contribution in [3.05, 3.63) is 40.2 Å². The summed E-state index contributed by atoms with van der Waals surface area (Å²) in [6.45, 7) is 6.63. The predicted molar refractivity (Wildman–Crippen MR) is 79.2 cm³/mol. The molecule has 0 aliphatic rings. The maximum atomic E-state index is 9.22. The van der Waals surface area contributed by atoms with Crippen LogP contribution in [0.4, 0.5) is 11.5 Å². The molecule has 1 aromatic heterocycles. The van der Waals surface area contributed by atoms with Gasteiger partial charge in [-0.25, -0.2) is 4.85 Å². The van der Waals surface area contributed by atoms with E-state index in [1.54, 1.807) is 0 Å². The Hall–Kier alpha value is -1.88. The van der Waals surface area contributed by atoms with Gasteiger partial charge < -0.3 is 15.9 Å². The largest absolute Gasteiger partial charge is 0.394 e. The van der Waals surface area contributed by atoms with Crippen molar-refractivity contribution in [3.8, 4) is 11.3 Å². The number of nitrogens with zero attached hydrogens (tertiary/aromatic N) is 3. The number of aliphatic hydroxyl groups is 2. The van der Waals surface area contributed by atoms with Gasteiger partial charge in [-0.1, -0.05) is 28.1 Å². The van der Waals surface area contributed by atoms with Crippen LogP contribution < -0.4 is 5.73 Å². The molecule has 104 valence electrons. The average Bonchev–Trinajstić information content (AvgIpc) is 2.78. The summed E-state index contributed by atoms with van der Waals surface area (Å²) < 4.78 is 2.21. The van der Waals surface area contributed by atoms with Crippen molar-refractivity contribution in [2.24, 2.45) is 0 Å². The second kappa shape index (κ2) is 6.05. The van der Waals surface area contributed by atoms with Crippen molar-refractivity contribution in [2.45, 2.75) is 6.04 Å². The van der Waals surface area contributed by atoms with E-state index in [2.05, 4.69) is 25.9 Å². The monoisotopic (exact) mass is 336 g/mol. The zero-order chi connectivity index (χ0) is 14.7. The Labute approximate surface area is 124 Å². The lowest BCUT2D eigenvalue weighted by molar-refractivity contribution is 0.148. The predicted octanol–water partition coefficient (Wildman–Crippen LogP) is 1.97. The lowest BCUT2D eigenvalue weighted by Crippen LogP contribution is -2.20. The molecule has 0 radical (unpaired) electrons. The van der Waals surface area contributed by atoms with Gasteiger partial charge in [0.1, 0.15) is 11.5 Å². The van der Waals surface area contributed by atoms with Gasteiger partial charge in [0.05, 0.1) is 25.8 Å². The summed E-state index contributed by atoms with van der Waals surface area (Å²) in [5, 5.41) is 22.7. The third kappa shape index (κ3) is 2.54. The molecule has 1 heterocycles. The first-order valence-electron chi connectivity index (χ1n) is 5.85. The van der Waals surface area contributed by atoms with Crippen LogP contribution in [0.15, 0.2) is 28.7 Å². The average molecular weight is 337 g/mol. The van der Waals surface area contributed by atoms with Gasteiger partial charge in [-0.2, -0.15) is 5.10 Å². The van der Waals surface area contributed by atoms with Gasteiger partial charge >= 0.3 is 0 Å². The Morgan fingerprint density at radius 3 is 2.40 bits per heavy atom. The zero-order valence-corrected chi connectivity index (χ0v) is 12.1. The molecular formula is C13H13BrN4O2. The maximum absolute atomic E-state index is 9.22. The fourth-order valence-corrected chi connectivity index (χ4v) is 2.11. The highest BCUT2D eigenvalue weighted by Crippen LogP contribution is 2.36. The van der Waals surface area contributed by atoms with Crippen LogP contribution in [0.3, 0.4) is 0 Å². The van der Waals surface area contributed by atoms with Crippen LogP contribution >= 0.6 is 15.9 Å². The van der Waals surface area contributed by atoms with Gasteiger partial charge in [-0.15, -0.1) is 0 Å². The first kappa shape index (κ1) is 14.5. The molecule has 20 heavy (non-hydrogen) atoms. The fourth-order valence-electron chi connectivity index (χ4n) is 1.84. The molecule has 0 fully saturated rings. The van der Waals surface area contributed by atoms with Gasteiger partial charge in [0.25, 0.3) is 5.69 Å². The highest BCUT2D eigenvalue weighted by atomic mass is 79.9. The number of aromatic nitrogens is 2. The van der Waals surface area contributed by atoms with Crippen LogP contribution in [0, 0.1) is 6.57 Å². The summed E-state index contributed by atoms with van der Waals surface area (Å²) in [4.78, 5) is 3.41. The second-order valence-electron chi connectivity index (χ2n) is 4.16. The first-order chi connectivity index (χ1) is 9.62. The van der Waals surface area contributed by atoms with Gasteiger partial charge in [0.2, 0.25) is 0 Å². The Kier molecular flexibility index (Phi) is 4.39. The van der Waals surface area contributed by atoms with E-state index in [9.17, 15) is 10.2 Å². The topological polar surface area (TPSA) is 88.7 Å². The smallest absolute Gasteiger partial charge is 0.254 e. The number of hydrogen-bond acceptors (Lipinski definition) is 4. The highest BCUT2D eigenvalue weighted by Gasteiger charge is 2.21. The van der Waals surface area contributed by atoms with Gasteiger partial charge in [0.15, 0.2) is 0 Å². The number of nitrogens with two attached hydrogens (primary N) is 1. The van der Waals surface area contributed by atoms with Crippen LogP contribution in [-0.4, -0.2) is 33.2 Å². The number of aliphatic hydroxyl groups excluding tert-OH is 2. The molecule has 0 atom stereocenters. The summed E-state index contributed by atoms with van der Waals surface area (Å²) >= 11 is 3.34. The highest BCUT2D eigenvalue weighted by molar-refractivity contribution is 9.10. The molecule has 0 saturated carbocycles. The summed E-state index contributed by atoms with van der Waals surface area (Å²) in [6, 6.07) is 6.66. The molecule has 0 spiro atoms. The SMILES string of the molecule is [C-]#[N+]c1c(-c2ccc(Br)cc2)nn(C(CO)CO)c1N.